The Morgan fingerprint density at radius 2 is 1.84 bits per heavy atom. The lowest BCUT2D eigenvalue weighted by atomic mass is 9.92. The molecule has 0 radical (unpaired) electrons. The van der Waals surface area contributed by atoms with E-state index < -0.39 is 0 Å². The summed E-state index contributed by atoms with van der Waals surface area (Å²) in [4.78, 5) is 4.90. The van der Waals surface area contributed by atoms with Crippen LogP contribution in [0.1, 0.15) is 67.2 Å². The lowest BCUT2D eigenvalue weighted by Crippen LogP contribution is -2.24. The van der Waals surface area contributed by atoms with Crippen molar-refractivity contribution in [2.45, 2.75) is 72.5 Å². The van der Waals surface area contributed by atoms with E-state index in [-0.39, 0.29) is 5.25 Å². The molecule has 1 fully saturated rings. The highest BCUT2D eigenvalue weighted by atomic mass is 32.1. The zero-order valence-electron chi connectivity index (χ0n) is 17.0. The second-order valence-corrected chi connectivity index (χ2v) is 8.26. The first-order valence-electron chi connectivity index (χ1n) is 9.78. The quantitative estimate of drug-likeness (QED) is 0.207. The maximum absolute atomic E-state index is 6.08. The van der Waals surface area contributed by atoms with Gasteiger partial charge < -0.3 is 5.73 Å². The van der Waals surface area contributed by atoms with Crippen LogP contribution in [0.2, 0.25) is 0 Å². The fraction of sp³-hybridized carbons (Fsp3) is 0.682. The van der Waals surface area contributed by atoms with Crippen LogP contribution in [-0.4, -0.2) is 11.0 Å². The van der Waals surface area contributed by atoms with Crippen LogP contribution in [0.25, 0.3) is 0 Å². The van der Waals surface area contributed by atoms with Crippen molar-refractivity contribution in [3.63, 3.8) is 0 Å². The van der Waals surface area contributed by atoms with Crippen molar-refractivity contribution >= 4 is 18.3 Å². The molecule has 4 unspecified atom stereocenters. The first-order chi connectivity index (χ1) is 11.8. The van der Waals surface area contributed by atoms with Crippen LogP contribution in [0.4, 0.5) is 0 Å². The Balaban J connectivity index is 3.07. The van der Waals surface area contributed by atoms with Crippen molar-refractivity contribution in [2.24, 2.45) is 34.4 Å². The predicted octanol–water partition coefficient (Wildman–Crippen LogP) is 6.17. The summed E-state index contributed by atoms with van der Waals surface area (Å²) in [5.74, 6) is 2.74. The van der Waals surface area contributed by atoms with E-state index in [0.29, 0.717) is 5.92 Å². The molecular formula is C22H38N2S. The van der Waals surface area contributed by atoms with Gasteiger partial charge in [0.2, 0.25) is 0 Å². The van der Waals surface area contributed by atoms with Crippen molar-refractivity contribution < 1.29 is 0 Å². The number of allylic oxidation sites excluding steroid dienone is 4. The highest BCUT2D eigenvalue weighted by molar-refractivity contribution is 7.81. The Morgan fingerprint density at radius 3 is 2.28 bits per heavy atom. The molecule has 1 aliphatic rings. The number of rotatable bonds is 10. The van der Waals surface area contributed by atoms with Gasteiger partial charge in [-0.1, -0.05) is 40.2 Å². The van der Waals surface area contributed by atoms with E-state index in [1.807, 2.05) is 6.20 Å². The van der Waals surface area contributed by atoms with Gasteiger partial charge in [-0.2, -0.15) is 12.6 Å². The maximum Gasteiger partial charge on any atom is 0.0406 e. The number of nitrogens with two attached hydrogens (primary N) is 1. The summed E-state index contributed by atoms with van der Waals surface area (Å²) in [6, 6.07) is 0. The molecule has 142 valence electrons. The highest BCUT2D eigenvalue weighted by Crippen LogP contribution is 2.49. The molecule has 25 heavy (non-hydrogen) atoms. The van der Waals surface area contributed by atoms with Gasteiger partial charge >= 0.3 is 0 Å². The minimum absolute atomic E-state index is 0.189. The summed E-state index contributed by atoms with van der Waals surface area (Å²) in [5, 5.41) is 0.189. The maximum atomic E-state index is 6.08. The topological polar surface area (TPSA) is 38.4 Å². The van der Waals surface area contributed by atoms with E-state index in [2.05, 4.69) is 54.2 Å². The summed E-state index contributed by atoms with van der Waals surface area (Å²) in [6.07, 6.45) is 8.21. The molecule has 0 aromatic heterocycles. The van der Waals surface area contributed by atoms with Gasteiger partial charge in [0.1, 0.15) is 0 Å². The summed E-state index contributed by atoms with van der Waals surface area (Å²) >= 11 is 4.85. The van der Waals surface area contributed by atoms with E-state index in [0.717, 1.165) is 66.0 Å². The minimum atomic E-state index is 0.189. The summed E-state index contributed by atoms with van der Waals surface area (Å²) in [5.41, 5.74) is 10.4. The SMILES string of the molecule is C=CC(CC1C(C)C1C)/C(=N/C=C(C)/C(C)=C(\N)CC)C(S)CCC. The minimum Gasteiger partial charge on any atom is -0.402 e. The molecule has 1 saturated carbocycles. The third kappa shape index (κ3) is 6.06. The Bertz CT molecular complexity index is 536. The lowest BCUT2D eigenvalue weighted by Gasteiger charge is -2.21. The van der Waals surface area contributed by atoms with E-state index in [4.69, 9.17) is 23.4 Å². The lowest BCUT2D eigenvalue weighted by molar-refractivity contribution is 0.601. The molecule has 0 aromatic rings. The van der Waals surface area contributed by atoms with Crippen LogP contribution in [0, 0.1) is 23.7 Å². The molecule has 0 heterocycles. The van der Waals surface area contributed by atoms with Crippen LogP contribution in [0.15, 0.2) is 40.7 Å². The Labute approximate surface area is 161 Å². The zero-order valence-corrected chi connectivity index (χ0v) is 17.9. The molecule has 0 aromatic carbocycles. The van der Waals surface area contributed by atoms with Gasteiger partial charge in [-0.05, 0) is 62.0 Å². The largest absolute Gasteiger partial charge is 0.402 e. The predicted molar refractivity (Wildman–Crippen MR) is 116 cm³/mol. The van der Waals surface area contributed by atoms with Crippen LogP contribution < -0.4 is 5.73 Å². The fourth-order valence-corrected chi connectivity index (χ4v) is 3.98. The molecule has 4 atom stereocenters. The number of hydrogen-bond donors (Lipinski definition) is 2. The zero-order chi connectivity index (χ0) is 19.1. The Kier molecular flexibility index (Phi) is 9.06. The first-order valence-corrected chi connectivity index (χ1v) is 10.3. The number of aliphatic imine (C=N–C) groups is 1. The van der Waals surface area contributed by atoms with E-state index >= 15 is 0 Å². The fourth-order valence-electron chi connectivity index (χ4n) is 3.46. The monoisotopic (exact) mass is 362 g/mol. The second-order valence-electron chi connectivity index (χ2n) is 7.63. The summed E-state index contributed by atoms with van der Waals surface area (Å²) in [6.45, 7) is 17.2. The van der Waals surface area contributed by atoms with Gasteiger partial charge in [0.25, 0.3) is 0 Å². The van der Waals surface area contributed by atoms with Gasteiger partial charge in [0.05, 0.1) is 0 Å². The molecule has 2 N–H and O–H groups in total. The Morgan fingerprint density at radius 1 is 1.24 bits per heavy atom. The second kappa shape index (κ2) is 10.3. The molecular weight excluding hydrogens is 324 g/mol. The van der Waals surface area contributed by atoms with Crippen molar-refractivity contribution in [1.29, 1.82) is 0 Å². The van der Waals surface area contributed by atoms with E-state index in [9.17, 15) is 0 Å². The summed E-state index contributed by atoms with van der Waals surface area (Å²) in [7, 11) is 0. The highest BCUT2D eigenvalue weighted by Gasteiger charge is 2.43. The van der Waals surface area contributed by atoms with Gasteiger partial charge in [-0.3, -0.25) is 4.99 Å². The van der Waals surface area contributed by atoms with Crippen LogP contribution in [0.3, 0.4) is 0 Å². The van der Waals surface area contributed by atoms with Crippen molar-refractivity contribution in [1.82, 2.24) is 0 Å². The van der Waals surface area contributed by atoms with Crippen LogP contribution in [-0.2, 0) is 0 Å². The molecule has 0 spiro atoms. The normalized spacial score (nSPS) is 27.6. The average molecular weight is 363 g/mol. The molecule has 0 saturated heterocycles. The van der Waals surface area contributed by atoms with Crippen LogP contribution >= 0.6 is 12.6 Å². The smallest absolute Gasteiger partial charge is 0.0406 e. The first kappa shape index (κ1) is 22.1. The number of thiol groups is 1. The number of nitrogens with zero attached hydrogens (tertiary/aromatic N) is 1. The van der Waals surface area contributed by atoms with Crippen molar-refractivity contribution in [3.05, 3.63) is 35.7 Å². The third-order valence-corrected chi connectivity index (χ3v) is 6.52. The van der Waals surface area contributed by atoms with Gasteiger partial charge in [-0.25, -0.2) is 0 Å². The Hall–Kier alpha value is -0.960. The molecule has 3 heteroatoms. The van der Waals surface area contributed by atoms with Gasteiger partial charge in [0, 0.05) is 28.8 Å². The number of hydrogen-bond acceptors (Lipinski definition) is 3. The van der Waals surface area contributed by atoms with Gasteiger partial charge in [0.15, 0.2) is 0 Å². The molecule has 0 bridgehead atoms. The molecule has 0 aliphatic heterocycles. The average Bonchev–Trinajstić information content (AvgIpc) is 3.17. The summed E-state index contributed by atoms with van der Waals surface area (Å²) < 4.78 is 0. The molecule has 2 nitrogen and oxygen atoms in total. The van der Waals surface area contributed by atoms with E-state index in [1.165, 1.54) is 0 Å². The van der Waals surface area contributed by atoms with Gasteiger partial charge in [-0.15, -0.1) is 6.58 Å². The van der Waals surface area contributed by atoms with Crippen molar-refractivity contribution in [3.8, 4) is 0 Å². The molecule has 1 aliphatic carbocycles. The van der Waals surface area contributed by atoms with Crippen molar-refractivity contribution in [2.75, 3.05) is 0 Å². The van der Waals surface area contributed by atoms with E-state index in [1.54, 1.807) is 0 Å². The standard InChI is InChI=1S/C22H38N2S/c1-8-11-21(25)22(18(9-2)12-19-16(6)17(19)7)24-13-14(4)15(5)20(23)10-3/h9,13,16-19,21,25H,2,8,10-12,23H2,1,3-7H3/b14-13+,20-15-,24-22-. The third-order valence-electron chi connectivity index (χ3n) is 5.99. The molecule has 0 amide bonds. The van der Waals surface area contributed by atoms with Crippen LogP contribution in [0.5, 0.6) is 0 Å². The molecule has 1 rings (SSSR count).